The molecule has 2 unspecified atom stereocenters. The summed E-state index contributed by atoms with van der Waals surface area (Å²) in [5.74, 6) is 0.930. The summed E-state index contributed by atoms with van der Waals surface area (Å²) in [5.41, 5.74) is 6.13. The molecule has 2 aliphatic heterocycles. The Hall–Kier alpha value is -2.64. The van der Waals surface area contributed by atoms with Crippen LogP contribution in [0.15, 0.2) is 11.2 Å². The Morgan fingerprint density at radius 1 is 1.32 bits per heavy atom. The topological polar surface area (TPSA) is 102 Å². The minimum absolute atomic E-state index is 0.0996. The van der Waals surface area contributed by atoms with Crippen molar-refractivity contribution in [3.8, 4) is 23.0 Å². The molecule has 22 heavy (non-hydrogen) atoms. The number of amides is 1. The second-order valence-corrected chi connectivity index (χ2v) is 4.92. The van der Waals surface area contributed by atoms with E-state index >= 15 is 0 Å². The highest BCUT2D eigenvalue weighted by molar-refractivity contribution is 6.39. The van der Waals surface area contributed by atoms with Crippen LogP contribution >= 0.6 is 0 Å². The van der Waals surface area contributed by atoms with Crippen LogP contribution in [0.2, 0.25) is 0 Å². The van der Waals surface area contributed by atoms with E-state index in [1.807, 2.05) is 0 Å². The maximum atomic E-state index is 11.4. The second kappa shape index (κ2) is 5.28. The first-order valence-electron chi connectivity index (χ1n) is 6.66. The first-order chi connectivity index (χ1) is 10.6. The van der Waals surface area contributed by atoms with Crippen LogP contribution in [-0.4, -0.2) is 32.6 Å². The van der Waals surface area contributed by atoms with E-state index < -0.39 is 12.0 Å². The van der Waals surface area contributed by atoms with Gasteiger partial charge in [-0.1, -0.05) is 12.1 Å². The minimum atomic E-state index is -0.610. The molecule has 0 aliphatic carbocycles. The zero-order chi connectivity index (χ0) is 15.9. The highest BCUT2D eigenvalue weighted by atomic mass is 16.7. The van der Waals surface area contributed by atoms with Gasteiger partial charge in [-0.15, -0.1) is 0 Å². The van der Waals surface area contributed by atoms with Crippen LogP contribution in [0, 0.1) is 5.92 Å². The molecule has 1 aromatic rings. The summed E-state index contributed by atoms with van der Waals surface area (Å²) < 4.78 is 21.6. The standard InChI is InChI=1S/C14H16N2O6/c1-6-9(14(15)17)16-22-10(6)7-4-8-12(21-5-20-8)13(19-3)11(7)18-2/h4,6,10H,5H2,1-3H3,(H2,15,17). The van der Waals surface area contributed by atoms with E-state index in [2.05, 4.69) is 5.16 Å². The largest absolute Gasteiger partial charge is 0.492 e. The first-order valence-corrected chi connectivity index (χ1v) is 6.66. The Balaban J connectivity index is 2.07. The predicted octanol–water partition coefficient (Wildman–Crippen LogP) is 0.981. The molecule has 0 fully saturated rings. The lowest BCUT2D eigenvalue weighted by Gasteiger charge is -2.20. The summed E-state index contributed by atoms with van der Waals surface area (Å²) >= 11 is 0. The molecular formula is C14H16N2O6. The first kappa shape index (κ1) is 14.3. The number of carbonyl (C=O) groups excluding carboxylic acids is 1. The van der Waals surface area contributed by atoms with Gasteiger partial charge in [-0.25, -0.2) is 0 Å². The Morgan fingerprint density at radius 3 is 2.64 bits per heavy atom. The number of oxime groups is 1. The van der Waals surface area contributed by atoms with Crippen molar-refractivity contribution in [2.75, 3.05) is 21.0 Å². The fraction of sp³-hybridized carbons (Fsp3) is 0.429. The van der Waals surface area contributed by atoms with Gasteiger partial charge in [0.2, 0.25) is 18.3 Å². The molecule has 0 spiro atoms. The molecule has 0 radical (unpaired) electrons. The van der Waals surface area contributed by atoms with Crippen molar-refractivity contribution >= 4 is 11.6 Å². The van der Waals surface area contributed by atoms with E-state index in [1.54, 1.807) is 13.0 Å². The van der Waals surface area contributed by atoms with Gasteiger partial charge in [0, 0.05) is 5.56 Å². The lowest BCUT2D eigenvalue weighted by Crippen LogP contribution is -2.28. The minimum Gasteiger partial charge on any atom is -0.492 e. The molecule has 2 N–H and O–H groups in total. The van der Waals surface area contributed by atoms with Crippen LogP contribution in [0.25, 0.3) is 0 Å². The third-order valence-corrected chi connectivity index (χ3v) is 3.72. The molecule has 2 aliphatic rings. The maximum absolute atomic E-state index is 11.4. The van der Waals surface area contributed by atoms with Crippen LogP contribution in [0.3, 0.4) is 0 Å². The van der Waals surface area contributed by atoms with Gasteiger partial charge in [-0.05, 0) is 6.07 Å². The smallest absolute Gasteiger partial charge is 0.266 e. The number of nitrogens with zero attached hydrogens (tertiary/aromatic N) is 1. The third kappa shape index (κ3) is 1.99. The van der Waals surface area contributed by atoms with Crippen LogP contribution in [0.4, 0.5) is 0 Å². The highest BCUT2D eigenvalue weighted by Gasteiger charge is 2.39. The van der Waals surface area contributed by atoms with Gasteiger partial charge in [-0.3, -0.25) is 4.79 Å². The number of hydrogen-bond acceptors (Lipinski definition) is 7. The van der Waals surface area contributed by atoms with Gasteiger partial charge in [0.15, 0.2) is 23.3 Å². The number of ether oxygens (including phenoxy) is 4. The van der Waals surface area contributed by atoms with E-state index in [9.17, 15) is 4.79 Å². The monoisotopic (exact) mass is 308 g/mol. The number of carbonyl (C=O) groups is 1. The number of benzene rings is 1. The molecule has 0 aromatic heterocycles. The van der Waals surface area contributed by atoms with Crippen molar-refractivity contribution in [1.82, 2.24) is 0 Å². The summed E-state index contributed by atoms with van der Waals surface area (Å²) in [6.07, 6.45) is -0.527. The molecule has 3 rings (SSSR count). The van der Waals surface area contributed by atoms with Crippen molar-refractivity contribution in [1.29, 1.82) is 0 Å². The average molecular weight is 308 g/mol. The van der Waals surface area contributed by atoms with Crippen LogP contribution in [-0.2, 0) is 9.63 Å². The second-order valence-electron chi connectivity index (χ2n) is 4.92. The summed E-state index contributed by atoms with van der Waals surface area (Å²) in [6, 6.07) is 1.74. The molecule has 1 aromatic carbocycles. The van der Waals surface area contributed by atoms with Gasteiger partial charge in [0.05, 0.1) is 20.1 Å². The molecule has 0 saturated carbocycles. The SMILES string of the molecule is COc1c(C2ON=C(C(N)=O)C2C)cc2c(c1OC)OCO2. The molecule has 118 valence electrons. The summed E-state index contributed by atoms with van der Waals surface area (Å²) in [4.78, 5) is 16.7. The molecule has 2 heterocycles. The maximum Gasteiger partial charge on any atom is 0.266 e. The Kier molecular flexibility index (Phi) is 3.44. The van der Waals surface area contributed by atoms with Crippen LogP contribution in [0.5, 0.6) is 23.0 Å². The van der Waals surface area contributed by atoms with Crippen LogP contribution < -0.4 is 24.7 Å². The Labute approximate surface area is 126 Å². The zero-order valence-electron chi connectivity index (χ0n) is 12.4. The van der Waals surface area contributed by atoms with Crippen molar-refractivity contribution in [3.63, 3.8) is 0 Å². The van der Waals surface area contributed by atoms with E-state index in [0.29, 0.717) is 28.6 Å². The number of primary amides is 1. The molecular weight excluding hydrogens is 292 g/mol. The molecule has 0 saturated heterocycles. The lowest BCUT2D eigenvalue weighted by molar-refractivity contribution is -0.112. The summed E-state index contributed by atoms with van der Waals surface area (Å²) in [7, 11) is 3.02. The van der Waals surface area contributed by atoms with Gasteiger partial charge in [0.1, 0.15) is 0 Å². The van der Waals surface area contributed by atoms with Gasteiger partial charge in [0.25, 0.3) is 5.91 Å². The number of hydrogen-bond donors (Lipinski definition) is 1. The fourth-order valence-electron chi connectivity index (χ4n) is 2.65. The molecule has 1 amide bonds. The van der Waals surface area contributed by atoms with Gasteiger partial charge >= 0.3 is 0 Å². The molecule has 2 atom stereocenters. The normalized spacial score (nSPS) is 22.0. The van der Waals surface area contributed by atoms with Crippen LogP contribution in [0.1, 0.15) is 18.6 Å². The average Bonchev–Trinajstić information content (AvgIpc) is 3.10. The number of nitrogens with two attached hydrogens (primary N) is 1. The number of rotatable bonds is 4. The lowest BCUT2D eigenvalue weighted by atomic mass is 9.92. The van der Waals surface area contributed by atoms with Crippen molar-refractivity contribution < 1.29 is 28.6 Å². The Morgan fingerprint density at radius 2 is 2.05 bits per heavy atom. The molecule has 0 bridgehead atoms. The number of fused-ring (bicyclic) bond motifs is 1. The van der Waals surface area contributed by atoms with Gasteiger partial charge in [-0.2, -0.15) is 0 Å². The van der Waals surface area contributed by atoms with Crippen molar-refractivity contribution in [2.24, 2.45) is 16.8 Å². The van der Waals surface area contributed by atoms with Gasteiger partial charge < -0.3 is 29.5 Å². The molecule has 8 nitrogen and oxygen atoms in total. The zero-order valence-corrected chi connectivity index (χ0v) is 12.4. The quantitative estimate of drug-likeness (QED) is 0.889. The van der Waals surface area contributed by atoms with Crippen molar-refractivity contribution in [2.45, 2.75) is 13.0 Å². The fourth-order valence-corrected chi connectivity index (χ4v) is 2.65. The van der Waals surface area contributed by atoms with E-state index in [-0.39, 0.29) is 18.4 Å². The summed E-state index contributed by atoms with van der Waals surface area (Å²) in [5, 5.41) is 3.77. The van der Waals surface area contributed by atoms with E-state index in [0.717, 1.165) is 0 Å². The van der Waals surface area contributed by atoms with E-state index in [4.69, 9.17) is 29.5 Å². The van der Waals surface area contributed by atoms with Crippen molar-refractivity contribution in [3.05, 3.63) is 11.6 Å². The Bertz CT molecular complexity index is 657. The predicted molar refractivity (Wildman–Crippen MR) is 75.3 cm³/mol. The highest BCUT2D eigenvalue weighted by Crippen LogP contribution is 2.52. The number of methoxy groups -OCH3 is 2. The molecule has 8 heteroatoms. The third-order valence-electron chi connectivity index (χ3n) is 3.72. The summed E-state index contributed by atoms with van der Waals surface area (Å²) in [6.45, 7) is 1.90. The van der Waals surface area contributed by atoms with E-state index in [1.165, 1.54) is 14.2 Å².